The van der Waals surface area contributed by atoms with Crippen LogP contribution in [0.5, 0.6) is 0 Å². The quantitative estimate of drug-likeness (QED) is 0.579. The van der Waals surface area contributed by atoms with Crippen LogP contribution in [0.25, 0.3) is 0 Å². The average molecular weight is 476 g/mol. The fraction of sp³-hybridized carbons (Fsp3) is 0.737. The minimum atomic E-state index is -1.36. The first-order chi connectivity index (χ1) is 13.0. The van der Waals surface area contributed by atoms with E-state index < -0.39 is 15.5 Å². The summed E-state index contributed by atoms with van der Waals surface area (Å²) in [5, 5.41) is 0. The number of methoxy groups -OCH3 is 1. The predicted molar refractivity (Wildman–Crippen MR) is 117 cm³/mol. The van der Waals surface area contributed by atoms with E-state index in [2.05, 4.69) is 25.5 Å². The minimum absolute atomic E-state index is 0.171. The number of primary amides is 1. The van der Waals surface area contributed by atoms with Crippen molar-refractivity contribution >= 4 is 52.7 Å². The maximum atomic E-state index is 11.7. The van der Waals surface area contributed by atoms with Gasteiger partial charge in [-0.05, 0) is 39.5 Å². The van der Waals surface area contributed by atoms with Crippen molar-refractivity contribution in [2.45, 2.75) is 70.2 Å². The molecule has 2 N–H and O–H groups in total. The third kappa shape index (κ3) is 19.9. The number of halogens is 3. The summed E-state index contributed by atoms with van der Waals surface area (Å²) in [4.78, 5) is 34.2. The van der Waals surface area contributed by atoms with E-state index >= 15 is 0 Å². The highest BCUT2D eigenvalue weighted by Crippen LogP contribution is 2.32. The third-order valence-electron chi connectivity index (χ3n) is 2.69. The lowest BCUT2D eigenvalue weighted by Crippen LogP contribution is -2.33. The summed E-state index contributed by atoms with van der Waals surface area (Å²) in [7, 11) is 1.45. The van der Waals surface area contributed by atoms with Gasteiger partial charge in [-0.1, -0.05) is 55.6 Å². The van der Waals surface area contributed by atoms with Gasteiger partial charge in [0.1, 0.15) is 11.4 Å². The number of ether oxygens (including phenoxy) is 2. The van der Waals surface area contributed by atoms with Crippen molar-refractivity contribution in [2.24, 2.45) is 11.7 Å². The summed E-state index contributed by atoms with van der Waals surface area (Å²) in [6.45, 7) is 12.0. The highest BCUT2D eigenvalue weighted by molar-refractivity contribution is 6.67. The molecule has 1 heterocycles. The van der Waals surface area contributed by atoms with Crippen LogP contribution in [0.15, 0.2) is 11.8 Å². The van der Waals surface area contributed by atoms with E-state index in [0.29, 0.717) is 12.2 Å². The Balaban J connectivity index is 0. The Labute approximate surface area is 188 Å². The van der Waals surface area contributed by atoms with Gasteiger partial charge in [0.2, 0.25) is 5.91 Å². The molecule has 0 aliphatic carbocycles. The number of nitrogens with two attached hydrogens (primary N) is 1. The molecule has 0 aromatic heterocycles. The predicted octanol–water partition coefficient (Wildman–Crippen LogP) is 4.97. The van der Waals surface area contributed by atoms with Gasteiger partial charge in [-0.2, -0.15) is 0 Å². The van der Waals surface area contributed by atoms with Crippen molar-refractivity contribution in [2.75, 3.05) is 13.7 Å². The van der Waals surface area contributed by atoms with Crippen molar-refractivity contribution in [1.82, 2.24) is 4.90 Å². The number of nitrogens with zero attached hydrogens (tertiary/aromatic N) is 1. The zero-order chi connectivity index (χ0) is 23.4. The Hall–Kier alpha value is -1.18. The molecule has 0 fully saturated rings. The number of rotatable bonds is 4. The van der Waals surface area contributed by atoms with E-state index in [1.54, 1.807) is 20.8 Å². The van der Waals surface area contributed by atoms with E-state index in [0.717, 1.165) is 10.8 Å². The zero-order valence-electron chi connectivity index (χ0n) is 18.2. The van der Waals surface area contributed by atoms with Gasteiger partial charge >= 0.3 is 6.09 Å². The standard InChI is InChI=1S/C10H12Cl3NO3.C5H11NO2.C4H10/c1-17-7-5-9(16)14(6-7)8(15)3-2-4-10(11,12)13;1-5(2,3)8-4(6)7;1-4(2)3/h5H,2-4,6H2,1H3;1-3H3,(H2,6,7);4H,1-3H3. The fourth-order valence-electron chi connectivity index (χ4n) is 1.71. The van der Waals surface area contributed by atoms with Crippen molar-refractivity contribution in [3.05, 3.63) is 11.8 Å². The van der Waals surface area contributed by atoms with E-state index in [1.807, 2.05) is 0 Å². The second-order valence-corrected chi connectivity index (χ2v) is 10.4. The van der Waals surface area contributed by atoms with Crippen LogP contribution in [0.4, 0.5) is 4.79 Å². The molecule has 10 heteroatoms. The van der Waals surface area contributed by atoms with Gasteiger partial charge in [-0.15, -0.1) is 0 Å². The lowest BCUT2D eigenvalue weighted by molar-refractivity contribution is -0.140. The van der Waals surface area contributed by atoms with Crippen molar-refractivity contribution < 1.29 is 23.9 Å². The van der Waals surface area contributed by atoms with Gasteiger partial charge in [0.25, 0.3) is 5.91 Å². The van der Waals surface area contributed by atoms with Crippen LogP contribution >= 0.6 is 34.8 Å². The molecule has 29 heavy (non-hydrogen) atoms. The number of amides is 3. The summed E-state index contributed by atoms with van der Waals surface area (Å²) < 4.78 is 8.12. The minimum Gasteiger partial charge on any atom is -0.499 e. The molecule has 0 spiro atoms. The van der Waals surface area contributed by atoms with E-state index in [-0.39, 0.29) is 31.2 Å². The van der Waals surface area contributed by atoms with Crippen molar-refractivity contribution in [3.63, 3.8) is 0 Å². The first-order valence-corrected chi connectivity index (χ1v) is 10.3. The van der Waals surface area contributed by atoms with Crippen LogP contribution in [-0.2, 0) is 19.1 Å². The molecular weight excluding hydrogens is 443 g/mol. The Bertz CT molecular complexity index is 564. The maximum absolute atomic E-state index is 11.7. The topological polar surface area (TPSA) is 98.9 Å². The van der Waals surface area contributed by atoms with Crippen LogP contribution in [0, 0.1) is 5.92 Å². The normalized spacial score (nSPS) is 13.7. The molecule has 170 valence electrons. The molecule has 1 aliphatic heterocycles. The van der Waals surface area contributed by atoms with Gasteiger partial charge in [0.15, 0.2) is 3.79 Å². The van der Waals surface area contributed by atoms with Crippen molar-refractivity contribution in [1.29, 1.82) is 0 Å². The molecule has 0 saturated carbocycles. The first kappa shape index (κ1) is 30.0. The van der Waals surface area contributed by atoms with Crippen LogP contribution in [0.1, 0.15) is 60.8 Å². The lowest BCUT2D eigenvalue weighted by Gasteiger charge is -2.16. The third-order valence-corrected chi connectivity index (χ3v) is 3.25. The number of carbonyl (C=O) groups is 3. The van der Waals surface area contributed by atoms with Crippen LogP contribution in [-0.4, -0.2) is 45.9 Å². The van der Waals surface area contributed by atoms with Gasteiger partial charge < -0.3 is 15.2 Å². The Morgan fingerprint density at radius 1 is 1.21 bits per heavy atom. The molecule has 0 radical (unpaired) electrons. The van der Waals surface area contributed by atoms with Gasteiger partial charge in [0.05, 0.1) is 13.7 Å². The van der Waals surface area contributed by atoms with Gasteiger partial charge in [-0.3, -0.25) is 14.5 Å². The van der Waals surface area contributed by atoms with E-state index in [9.17, 15) is 14.4 Å². The molecule has 1 aliphatic rings. The van der Waals surface area contributed by atoms with Gasteiger partial charge in [-0.25, -0.2) is 4.79 Å². The second-order valence-electron chi connectivity index (χ2n) is 7.87. The van der Waals surface area contributed by atoms with Crippen LogP contribution in [0.2, 0.25) is 0 Å². The Kier molecular flexibility index (Phi) is 14.4. The molecule has 0 aromatic rings. The average Bonchev–Trinajstić information content (AvgIpc) is 2.84. The molecule has 0 unspecified atom stereocenters. The molecule has 0 atom stereocenters. The van der Waals surface area contributed by atoms with Crippen LogP contribution < -0.4 is 5.73 Å². The molecule has 0 saturated heterocycles. The largest absolute Gasteiger partial charge is 0.499 e. The lowest BCUT2D eigenvalue weighted by atomic mass is 10.2. The number of hydrogen-bond acceptors (Lipinski definition) is 5. The molecular formula is C19H33Cl3N2O5. The summed E-state index contributed by atoms with van der Waals surface area (Å²) in [5.41, 5.74) is 4.26. The summed E-state index contributed by atoms with van der Waals surface area (Å²) >= 11 is 16.7. The van der Waals surface area contributed by atoms with E-state index in [4.69, 9.17) is 45.3 Å². The summed E-state index contributed by atoms with van der Waals surface area (Å²) in [5.74, 6) is 0.665. The van der Waals surface area contributed by atoms with E-state index in [1.165, 1.54) is 13.2 Å². The number of hydrogen-bond donors (Lipinski definition) is 1. The SMILES string of the molecule is CC(C)(C)OC(N)=O.CC(C)C.COC1=CC(=O)N(C(=O)CCCC(Cl)(Cl)Cl)C1. The number of alkyl halides is 3. The monoisotopic (exact) mass is 474 g/mol. The molecule has 7 nitrogen and oxygen atoms in total. The maximum Gasteiger partial charge on any atom is 0.405 e. The second kappa shape index (κ2) is 13.9. The van der Waals surface area contributed by atoms with Crippen molar-refractivity contribution in [3.8, 4) is 0 Å². The first-order valence-electron chi connectivity index (χ1n) is 9.12. The number of imide groups is 1. The summed E-state index contributed by atoms with van der Waals surface area (Å²) in [6, 6.07) is 0. The molecule has 3 amide bonds. The van der Waals surface area contributed by atoms with Crippen LogP contribution in [0.3, 0.4) is 0 Å². The number of carbonyl (C=O) groups excluding carboxylic acids is 3. The highest BCUT2D eigenvalue weighted by Gasteiger charge is 2.28. The highest BCUT2D eigenvalue weighted by atomic mass is 35.6. The molecule has 0 bridgehead atoms. The Morgan fingerprint density at radius 3 is 1.97 bits per heavy atom. The smallest absolute Gasteiger partial charge is 0.405 e. The fourth-order valence-corrected chi connectivity index (χ4v) is 2.11. The molecule has 0 aromatic carbocycles. The Morgan fingerprint density at radius 2 is 1.69 bits per heavy atom. The van der Waals surface area contributed by atoms with Gasteiger partial charge in [0, 0.05) is 12.5 Å². The molecule has 1 rings (SSSR count). The zero-order valence-corrected chi connectivity index (χ0v) is 20.5. The summed E-state index contributed by atoms with van der Waals surface area (Å²) in [6.07, 6.45) is 1.44.